The summed E-state index contributed by atoms with van der Waals surface area (Å²) in [6, 6.07) is 2.25. The van der Waals surface area contributed by atoms with Crippen LogP contribution in [0.4, 0.5) is 0 Å². The number of ether oxygens (including phenoxy) is 1. The minimum atomic E-state index is -0.0956. The largest absolute Gasteiger partial charge is 0.375 e. The second kappa shape index (κ2) is 7.79. The topological polar surface area (TPSA) is 85.4 Å². The van der Waals surface area contributed by atoms with E-state index in [-0.39, 0.29) is 18.6 Å². The van der Waals surface area contributed by atoms with Gasteiger partial charge in [0.15, 0.2) is 0 Å². The highest BCUT2D eigenvalue weighted by Crippen LogP contribution is 2.22. The first-order valence-electron chi connectivity index (χ1n) is 8.50. The van der Waals surface area contributed by atoms with E-state index >= 15 is 0 Å². The molecule has 0 saturated heterocycles. The fourth-order valence-corrected chi connectivity index (χ4v) is 3.25. The molecule has 0 radical (unpaired) electrons. The Morgan fingerprint density at radius 1 is 1.48 bits per heavy atom. The Hall–Kier alpha value is -2.19. The van der Waals surface area contributed by atoms with E-state index in [1.165, 1.54) is 12.8 Å². The van der Waals surface area contributed by atoms with Crippen molar-refractivity contribution in [3.8, 4) is 0 Å². The molecule has 8 heteroatoms. The van der Waals surface area contributed by atoms with Gasteiger partial charge in [0.1, 0.15) is 12.4 Å². The molecular weight excluding hydrogens is 322 g/mol. The molecule has 8 nitrogen and oxygen atoms in total. The molecule has 1 atom stereocenters. The summed E-state index contributed by atoms with van der Waals surface area (Å²) in [4.78, 5) is 14.1. The zero-order chi connectivity index (χ0) is 17.8. The lowest BCUT2D eigenvalue weighted by Gasteiger charge is -2.29. The van der Waals surface area contributed by atoms with E-state index in [4.69, 9.17) is 9.26 Å². The molecule has 0 aromatic carbocycles. The van der Waals surface area contributed by atoms with Crippen molar-refractivity contribution in [2.45, 2.75) is 45.9 Å². The molecule has 3 heterocycles. The van der Waals surface area contributed by atoms with Crippen LogP contribution in [0.1, 0.15) is 29.1 Å². The van der Waals surface area contributed by atoms with Crippen LogP contribution < -0.4 is 5.32 Å². The summed E-state index contributed by atoms with van der Waals surface area (Å²) in [5, 5.41) is 11.4. The van der Waals surface area contributed by atoms with Crippen LogP contribution in [-0.2, 0) is 29.2 Å². The van der Waals surface area contributed by atoms with Crippen molar-refractivity contribution in [1.82, 2.24) is 25.2 Å². The number of hydrogen-bond donors (Lipinski definition) is 1. The van der Waals surface area contributed by atoms with Crippen LogP contribution in [-0.4, -0.2) is 52.0 Å². The van der Waals surface area contributed by atoms with Crippen molar-refractivity contribution < 1.29 is 14.1 Å². The number of fused-ring (bicyclic) bond motifs is 1. The zero-order valence-electron chi connectivity index (χ0n) is 15.0. The van der Waals surface area contributed by atoms with E-state index in [0.29, 0.717) is 6.54 Å². The number of carbonyl (C=O) groups is 1. The van der Waals surface area contributed by atoms with E-state index in [2.05, 4.69) is 20.5 Å². The van der Waals surface area contributed by atoms with Crippen LogP contribution in [0.25, 0.3) is 0 Å². The van der Waals surface area contributed by atoms with Crippen LogP contribution in [0, 0.1) is 13.8 Å². The molecule has 25 heavy (non-hydrogen) atoms. The Kier molecular flexibility index (Phi) is 5.50. The Morgan fingerprint density at radius 2 is 2.32 bits per heavy atom. The summed E-state index contributed by atoms with van der Waals surface area (Å²) < 4.78 is 12.2. The fraction of sp³-hybridized carbons (Fsp3) is 0.588. The summed E-state index contributed by atoms with van der Waals surface area (Å²) in [7, 11) is 1.52. The third-order valence-electron chi connectivity index (χ3n) is 4.71. The summed E-state index contributed by atoms with van der Waals surface area (Å²) in [6.45, 7) is 6.90. The van der Waals surface area contributed by atoms with Gasteiger partial charge in [0.05, 0.1) is 11.4 Å². The molecular formula is C17H25N5O3. The van der Waals surface area contributed by atoms with Gasteiger partial charge < -0.3 is 14.6 Å². The van der Waals surface area contributed by atoms with Crippen molar-refractivity contribution in [2.75, 3.05) is 20.3 Å². The van der Waals surface area contributed by atoms with Gasteiger partial charge in [0.2, 0.25) is 5.91 Å². The van der Waals surface area contributed by atoms with Gasteiger partial charge in [-0.05, 0) is 26.3 Å². The van der Waals surface area contributed by atoms with Gasteiger partial charge in [-0.25, -0.2) is 0 Å². The Bertz CT molecular complexity index is 704. The van der Waals surface area contributed by atoms with E-state index in [1.807, 2.05) is 30.8 Å². The Morgan fingerprint density at radius 3 is 3.04 bits per heavy atom. The monoisotopic (exact) mass is 347 g/mol. The molecule has 0 saturated carbocycles. The Balaban J connectivity index is 1.76. The molecule has 0 aliphatic carbocycles. The first-order valence-corrected chi connectivity index (χ1v) is 8.50. The van der Waals surface area contributed by atoms with Gasteiger partial charge in [-0.2, -0.15) is 5.10 Å². The van der Waals surface area contributed by atoms with E-state index in [1.54, 1.807) is 0 Å². The summed E-state index contributed by atoms with van der Waals surface area (Å²) in [6.07, 6.45) is 2.75. The minimum Gasteiger partial charge on any atom is -0.375 e. The van der Waals surface area contributed by atoms with Crippen LogP contribution in [0.2, 0.25) is 0 Å². The maximum Gasteiger partial charge on any atom is 0.246 e. The molecule has 2 aromatic rings. The maximum absolute atomic E-state index is 11.8. The fourth-order valence-electron chi connectivity index (χ4n) is 3.25. The van der Waals surface area contributed by atoms with Crippen LogP contribution in [0.15, 0.2) is 16.8 Å². The van der Waals surface area contributed by atoms with Gasteiger partial charge in [-0.3, -0.25) is 14.4 Å². The smallest absolute Gasteiger partial charge is 0.246 e. The average molecular weight is 347 g/mol. The van der Waals surface area contributed by atoms with Gasteiger partial charge >= 0.3 is 0 Å². The quantitative estimate of drug-likeness (QED) is 0.840. The van der Waals surface area contributed by atoms with Crippen LogP contribution in [0.5, 0.6) is 0 Å². The SMILES string of the molecule is COCC(=O)NCC1CCn2nccc2CN1Cc1c(C)noc1C. The first kappa shape index (κ1) is 17.6. The van der Waals surface area contributed by atoms with Crippen molar-refractivity contribution in [1.29, 1.82) is 0 Å². The molecule has 0 spiro atoms. The first-order chi connectivity index (χ1) is 12.1. The molecule has 136 valence electrons. The van der Waals surface area contributed by atoms with E-state index < -0.39 is 0 Å². The lowest BCUT2D eigenvalue weighted by Crippen LogP contribution is -2.43. The zero-order valence-corrected chi connectivity index (χ0v) is 15.0. The van der Waals surface area contributed by atoms with Gasteiger partial charge in [0, 0.05) is 51.1 Å². The molecule has 1 aliphatic heterocycles. The van der Waals surface area contributed by atoms with Crippen LogP contribution in [0.3, 0.4) is 0 Å². The number of nitrogens with one attached hydrogen (secondary N) is 1. The van der Waals surface area contributed by atoms with Crippen molar-refractivity contribution in [2.24, 2.45) is 0 Å². The lowest BCUT2D eigenvalue weighted by molar-refractivity contribution is -0.125. The number of hydrogen-bond acceptors (Lipinski definition) is 6. The lowest BCUT2D eigenvalue weighted by atomic mass is 10.1. The van der Waals surface area contributed by atoms with E-state index in [9.17, 15) is 4.79 Å². The highest BCUT2D eigenvalue weighted by molar-refractivity contribution is 5.77. The highest BCUT2D eigenvalue weighted by Gasteiger charge is 2.26. The van der Waals surface area contributed by atoms with Gasteiger partial charge in [-0.1, -0.05) is 5.16 Å². The minimum absolute atomic E-state index is 0.0815. The summed E-state index contributed by atoms with van der Waals surface area (Å²) >= 11 is 0. The third kappa shape index (κ3) is 4.08. The predicted molar refractivity (Wildman–Crippen MR) is 90.7 cm³/mol. The molecule has 1 aliphatic rings. The molecule has 1 N–H and O–H groups in total. The van der Waals surface area contributed by atoms with Crippen molar-refractivity contribution >= 4 is 5.91 Å². The third-order valence-corrected chi connectivity index (χ3v) is 4.71. The molecule has 3 rings (SSSR count). The van der Waals surface area contributed by atoms with E-state index in [0.717, 1.165) is 43.1 Å². The van der Waals surface area contributed by atoms with Gasteiger partial charge in [0.25, 0.3) is 0 Å². The molecule has 0 fully saturated rings. The molecule has 2 aromatic heterocycles. The second-order valence-electron chi connectivity index (χ2n) is 6.43. The highest BCUT2D eigenvalue weighted by atomic mass is 16.5. The normalized spacial score (nSPS) is 18.0. The van der Waals surface area contributed by atoms with Crippen LogP contribution >= 0.6 is 0 Å². The number of nitrogens with zero attached hydrogens (tertiary/aromatic N) is 4. The standard InChI is InChI=1S/C17H25N5O3/c1-12-16(13(2)25-20-12)10-21-9-15-4-6-19-22(15)7-5-14(21)8-18-17(23)11-24-3/h4,6,14H,5,7-11H2,1-3H3,(H,18,23). The predicted octanol–water partition coefficient (Wildman–Crippen LogP) is 1.03. The number of aromatic nitrogens is 3. The van der Waals surface area contributed by atoms with Crippen molar-refractivity contribution in [3.63, 3.8) is 0 Å². The molecule has 1 unspecified atom stereocenters. The summed E-state index contributed by atoms with van der Waals surface area (Å²) in [5.74, 6) is 0.749. The van der Waals surface area contributed by atoms with Crippen molar-refractivity contribution in [3.05, 3.63) is 35.0 Å². The number of carbonyl (C=O) groups excluding carboxylic acids is 1. The number of aryl methyl sites for hydroxylation is 3. The average Bonchev–Trinajstić information content (AvgIpc) is 3.11. The Labute approximate surface area is 147 Å². The number of rotatable bonds is 6. The van der Waals surface area contributed by atoms with Gasteiger partial charge in [-0.15, -0.1) is 0 Å². The number of amides is 1. The second-order valence-corrected chi connectivity index (χ2v) is 6.43. The maximum atomic E-state index is 11.8. The summed E-state index contributed by atoms with van der Waals surface area (Å²) in [5.41, 5.74) is 3.20. The number of methoxy groups -OCH3 is 1. The molecule has 0 bridgehead atoms. The molecule has 1 amide bonds.